The van der Waals surface area contributed by atoms with Crippen LogP contribution in [0.2, 0.25) is 0 Å². The van der Waals surface area contributed by atoms with Crippen LogP contribution in [0.15, 0.2) is 9.52 Å². The van der Waals surface area contributed by atoms with E-state index in [1.807, 2.05) is 13.8 Å². The van der Waals surface area contributed by atoms with Gasteiger partial charge in [0.15, 0.2) is 5.96 Å². The number of nitrogens with one attached hydrogen (secondary N) is 2. The highest BCUT2D eigenvalue weighted by molar-refractivity contribution is 5.79. The molecule has 0 aliphatic rings. The average molecular weight is 280 g/mol. The van der Waals surface area contributed by atoms with Crippen LogP contribution < -0.4 is 10.6 Å². The topological polar surface area (TPSA) is 62.5 Å². The maximum Gasteiger partial charge on any atom is 0.191 e. The highest BCUT2D eigenvalue weighted by atomic mass is 16.5. The molecule has 1 unspecified atom stereocenters. The second kappa shape index (κ2) is 7.92. The summed E-state index contributed by atoms with van der Waals surface area (Å²) in [6, 6.07) is 0. The number of guanidine groups is 1. The Balaban J connectivity index is 2.63. The Labute approximate surface area is 122 Å². The van der Waals surface area contributed by atoms with Gasteiger partial charge in [0.2, 0.25) is 0 Å². The van der Waals surface area contributed by atoms with Gasteiger partial charge in [0.25, 0.3) is 0 Å². The maximum atomic E-state index is 5.16. The van der Waals surface area contributed by atoms with Gasteiger partial charge in [0.05, 0.1) is 12.2 Å². The molecular weight excluding hydrogens is 252 g/mol. The summed E-state index contributed by atoms with van der Waals surface area (Å²) < 4.78 is 5.16. The largest absolute Gasteiger partial charge is 0.361 e. The van der Waals surface area contributed by atoms with Gasteiger partial charge in [0.1, 0.15) is 5.76 Å². The lowest BCUT2D eigenvalue weighted by Gasteiger charge is -2.18. The molecular formula is C15H28N4O. The van der Waals surface area contributed by atoms with Crippen molar-refractivity contribution in [2.75, 3.05) is 13.1 Å². The van der Waals surface area contributed by atoms with Crippen LogP contribution in [0, 0.1) is 25.7 Å². The summed E-state index contributed by atoms with van der Waals surface area (Å²) in [4.78, 5) is 4.60. The third kappa shape index (κ3) is 4.87. The predicted octanol–water partition coefficient (Wildman–Crippen LogP) is 2.64. The molecule has 1 rings (SSSR count). The predicted molar refractivity (Wildman–Crippen MR) is 82.8 cm³/mol. The summed E-state index contributed by atoms with van der Waals surface area (Å²) in [5.74, 6) is 2.96. The number of nitrogens with zero attached hydrogens (tertiary/aromatic N) is 2. The Kier molecular flexibility index (Phi) is 6.55. The lowest BCUT2D eigenvalue weighted by atomic mass is 9.98. The highest BCUT2D eigenvalue weighted by Crippen LogP contribution is 2.13. The molecule has 0 saturated carbocycles. The Hall–Kier alpha value is -1.52. The van der Waals surface area contributed by atoms with Crippen molar-refractivity contribution in [1.82, 2.24) is 15.8 Å². The molecule has 0 aromatic carbocycles. The average Bonchev–Trinajstić information content (AvgIpc) is 2.72. The van der Waals surface area contributed by atoms with Crippen LogP contribution in [-0.2, 0) is 6.54 Å². The van der Waals surface area contributed by atoms with Gasteiger partial charge in [-0.25, -0.2) is 4.99 Å². The molecule has 20 heavy (non-hydrogen) atoms. The van der Waals surface area contributed by atoms with Crippen LogP contribution in [0.25, 0.3) is 0 Å². The molecule has 0 aliphatic heterocycles. The van der Waals surface area contributed by atoms with E-state index in [1.165, 1.54) is 0 Å². The number of hydrogen-bond acceptors (Lipinski definition) is 3. The van der Waals surface area contributed by atoms with Crippen molar-refractivity contribution >= 4 is 5.96 Å². The first kappa shape index (κ1) is 16.5. The summed E-state index contributed by atoms with van der Waals surface area (Å²) in [6.07, 6.45) is 0. The normalized spacial score (nSPS) is 13.7. The van der Waals surface area contributed by atoms with Gasteiger partial charge in [-0.3, -0.25) is 0 Å². The van der Waals surface area contributed by atoms with E-state index in [1.54, 1.807) is 0 Å². The fourth-order valence-electron chi connectivity index (χ4n) is 1.72. The van der Waals surface area contributed by atoms with Crippen LogP contribution in [0.1, 0.15) is 44.7 Å². The van der Waals surface area contributed by atoms with E-state index in [4.69, 9.17) is 4.52 Å². The van der Waals surface area contributed by atoms with E-state index in [2.05, 4.69) is 48.5 Å². The van der Waals surface area contributed by atoms with Gasteiger partial charge in [-0.2, -0.15) is 0 Å². The Morgan fingerprint density at radius 1 is 1.25 bits per heavy atom. The molecule has 0 radical (unpaired) electrons. The van der Waals surface area contributed by atoms with Gasteiger partial charge in [-0.1, -0.05) is 25.9 Å². The molecule has 0 bridgehead atoms. The van der Waals surface area contributed by atoms with Crippen LogP contribution in [0.3, 0.4) is 0 Å². The number of aryl methyl sites for hydroxylation is 2. The molecule has 1 atom stereocenters. The summed E-state index contributed by atoms with van der Waals surface area (Å²) in [6.45, 7) is 15.0. The first-order chi connectivity index (χ1) is 9.45. The second-order valence-corrected chi connectivity index (χ2v) is 5.60. The molecule has 1 heterocycles. The van der Waals surface area contributed by atoms with E-state index >= 15 is 0 Å². The van der Waals surface area contributed by atoms with Crippen molar-refractivity contribution in [3.63, 3.8) is 0 Å². The minimum Gasteiger partial charge on any atom is -0.361 e. The van der Waals surface area contributed by atoms with E-state index in [0.717, 1.165) is 36.1 Å². The van der Waals surface area contributed by atoms with Gasteiger partial charge in [0, 0.05) is 18.7 Å². The zero-order valence-electron chi connectivity index (χ0n) is 13.6. The molecule has 1 aromatic heterocycles. The fraction of sp³-hybridized carbons (Fsp3) is 0.733. The molecule has 0 saturated heterocycles. The molecule has 2 N–H and O–H groups in total. The third-order valence-electron chi connectivity index (χ3n) is 3.65. The zero-order valence-corrected chi connectivity index (χ0v) is 13.6. The third-order valence-corrected chi connectivity index (χ3v) is 3.65. The first-order valence-corrected chi connectivity index (χ1v) is 7.39. The van der Waals surface area contributed by atoms with Gasteiger partial charge >= 0.3 is 0 Å². The molecule has 0 aliphatic carbocycles. The van der Waals surface area contributed by atoms with Crippen molar-refractivity contribution < 1.29 is 4.52 Å². The number of aromatic nitrogens is 1. The maximum absolute atomic E-state index is 5.16. The first-order valence-electron chi connectivity index (χ1n) is 7.39. The Bertz CT molecular complexity index is 418. The molecule has 5 heteroatoms. The van der Waals surface area contributed by atoms with Gasteiger partial charge < -0.3 is 15.2 Å². The lowest BCUT2D eigenvalue weighted by Crippen LogP contribution is -2.40. The molecule has 5 nitrogen and oxygen atoms in total. The summed E-state index contributed by atoms with van der Waals surface area (Å²) in [5, 5.41) is 10.6. The summed E-state index contributed by atoms with van der Waals surface area (Å²) >= 11 is 0. The minimum absolute atomic E-state index is 0.590. The summed E-state index contributed by atoms with van der Waals surface area (Å²) in [7, 11) is 0. The molecule has 1 aromatic rings. The quantitative estimate of drug-likeness (QED) is 0.621. The van der Waals surface area contributed by atoms with E-state index < -0.39 is 0 Å². The molecule has 0 fully saturated rings. The van der Waals surface area contributed by atoms with Crippen LogP contribution in [-0.4, -0.2) is 24.2 Å². The SMILES string of the molecule is CCNC(=NCc1c(C)noc1C)NCC(C)C(C)C. The standard InChI is InChI=1S/C15H28N4O/c1-7-16-15(17-8-11(4)10(2)3)18-9-14-12(5)19-20-13(14)6/h10-11H,7-9H2,1-6H3,(H2,16,17,18). The summed E-state index contributed by atoms with van der Waals surface area (Å²) in [5.41, 5.74) is 1.98. The number of aliphatic imine (C=N–C) groups is 1. The minimum atomic E-state index is 0.590. The smallest absolute Gasteiger partial charge is 0.191 e. The van der Waals surface area contributed by atoms with E-state index in [-0.39, 0.29) is 0 Å². The van der Waals surface area contributed by atoms with Crippen molar-refractivity contribution in [1.29, 1.82) is 0 Å². The van der Waals surface area contributed by atoms with Gasteiger partial charge in [-0.05, 0) is 32.6 Å². The van der Waals surface area contributed by atoms with Crippen molar-refractivity contribution in [3.05, 3.63) is 17.0 Å². The number of hydrogen-bond donors (Lipinski definition) is 2. The monoisotopic (exact) mass is 280 g/mol. The molecule has 0 amide bonds. The molecule has 114 valence electrons. The van der Waals surface area contributed by atoms with Crippen LogP contribution in [0.4, 0.5) is 0 Å². The van der Waals surface area contributed by atoms with Crippen LogP contribution >= 0.6 is 0 Å². The van der Waals surface area contributed by atoms with E-state index in [9.17, 15) is 0 Å². The fourth-order valence-corrected chi connectivity index (χ4v) is 1.72. The lowest BCUT2D eigenvalue weighted by molar-refractivity contribution is 0.392. The van der Waals surface area contributed by atoms with Crippen molar-refractivity contribution in [2.24, 2.45) is 16.8 Å². The van der Waals surface area contributed by atoms with Crippen molar-refractivity contribution in [3.8, 4) is 0 Å². The Morgan fingerprint density at radius 3 is 2.45 bits per heavy atom. The Morgan fingerprint density at radius 2 is 1.95 bits per heavy atom. The number of rotatable bonds is 6. The highest BCUT2D eigenvalue weighted by Gasteiger charge is 2.10. The van der Waals surface area contributed by atoms with Crippen molar-refractivity contribution in [2.45, 2.75) is 48.1 Å². The molecule has 0 spiro atoms. The van der Waals surface area contributed by atoms with E-state index in [0.29, 0.717) is 18.4 Å². The van der Waals surface area contributed by atoms with Crippen LogP contribution in [0.5, 0.6) is 0 Å². The second-order valence-electron chi connectivity index (χ2n) is 5.60. The van der Waals surface area contributed by atoms with Gasteiger partial charge in [-0.15, -0.1) is 0 Å². The zero-order chi connectivity index (χ0) is 15.1.